The van der Waals surface area contributed by atoms with Crippen molar-refractivity contribution in [2.24, 2.45) is 0 Å². The second-order valence-electron chi connectivity index (χ2n) is 6.21. The van der Waals surface area contributed by atoms with Crippen LogP contribution in [0.5, 0.6) is 0 Å². The standard InChI is InChI=1S/C19H19N5OS/c1-14-13-26-18(22-14)16-2-3-17(21-12-16)23-8-10-24(11-9-23)19(25)15-4-6-20-7-5-15/h2-7,12-13H,8-11H2,1H3. The molecule has 0 unspecified atom stereocenters. The predicted molar refractivity (Wildman–Crippen MR) is 102 cm³/mol. The van der Waals surface area contributed by atoms with Gasteiger partial charge in [0.05, 0.1) is 0 Å². The Morgan fingerprint density at radius 2 is 1.85 bits per heavy atom. The molecule has 0 aliphatic carbocycles. The lowest BCUT2D eigenvalue weighted by molar-refractivity contribution is 0.0746. The molecule has 0 bridgehead atoms. The minimum atomic E-state index is 0.0643. The maximum atomic E-state index is 12.5. The Morgan fingerprint density at radius 3 is 2.46 bits per heavy atom. The predicted octanol–water partition coefficient (Wildman–Crippen LogP) is 2.87. The summed E-state index contributed by atoms with van der Waals surface area (Å²) in [5.74, 6) is 1.01. The molecule has 1 saturated heterocycles. The Kier molecular flexibility index (Phi) is 4.62. The summed E-state index contributed by atoms with van der Waals surface area (Å²) in [5, 5.41) is 3.04. The molecule has 0 aromatic carbocycles. The second kappa shape index (κ2) is 7.21. The average Bonchev–Trinajstić information content (AvgIpc) is 3.15. The molecule has 0 saturated carbocycles. The zero-order chi connectivity index (χ0) is 17.9. The molecule has 3 aromatic rings. The van der Waals surface area contributed by atoms with Crippen LogP contribution in [0, 0.1) is 6.92 Å². The maximum absolute atomic E-state index is 12.5. The van der Waals surface area contributed by atoms with Crippen LogP contribution in [-0.4, -0.2) is 51.9 Å². The van der Waals surface area contributed by atoms with Gasteiger partial charge in [0.15, 0.2) is 0 Å². The number of aryl methyl sites for hydroxylation is 1. The highest BCUT2D eigenvalue weighted by molar-refractivity contribution is 7.13. The molecule has 4 rings (SSSR count). The first-order valence-corrected chi connectivity index (χ1v) is 9.41. The highest BCUT2D eigenvalue weighted by Crippen LogP contribution is 2.24. The molecule has 0 spiro atoms. The zero-order valence-electron chi connectivity index (χ0n) is 14.5. The fourth-order valence-corrected chi connectivity index (χ4v) is 3.79. The molecule has 1 fully saturated rings. The lowest BCUT2D eigenvalue weighted by atomic mass is 10.2. The molecular formula is C19H19N5OS. The summed E-state index contributed by atoms with van der Waals surface area (Å²) in [6, 6.07) is 7.62. The number of carbonyl (C=O) groups is 1. The number of piperazine rings is 1. The summed E-state index contributed by atoms with van der Waals surface area (Å²) < 4.78 is 0. The number of amides is 1. The van der Waals surface area contributed by atoms with Crippen LogP contribution >= 0.6 is 11.3 Å². The second-order valence-corrected chi connectivity index (χ2v) is 7.07. The van der Waals surface area contributed by atoms with Crippen molar-refractivity contribution in [3.05, 3.63) is 59.5 Å². The molecule has 1 amide bonds. The van der Waals surface area contributed by atoms with Crippen molar-refractivity contribution in [3.63, 3.8) is 0 Å². The van der Waals surface area contributed by atoms with Gasteiger partial charge in [0.1, 0.15) is 10.8 Å². The Balaban J connectivity index is 1.39. The lowest BCUT2D eigenvalue weighted by Gasteiger charge is -2.35. The van der Waals surface area contributed by atoms with E-state index in [-0.39, 0.29) is 5.91 Å². The third-order valence-corrected chi connectivity index (χ3v) is 5.44. The van der Waals surface area contributed by atoms with Crippen molar-refractivity contribution in [2.45, 2.75) is 6.92 Å². The van der Waals surface area contributed by atoms with Gasteiger partial charge in [0.25, 0.3) is 5.91 Å². The number of aromatic nitrogens is 3. The monoisotopic (exact) mass is 365 g/mol. The van der Waals surface area contributed by atoms with Crippen LogP contribution in [0.25, 0.3) is 10.6 Å². The third-order valence-electron chi connectivity index (χ3n) is 4.43. The normalized spacial score (nSPS) is 14.5. The number of anilines is 1. The van der Waals surface area contributed by atoms with Crippen LogP contribution in [0.15, 0.2) is 48.2 Å². The summed E-state index contributed by atoms with van der Waals surface area (Å²) in [4.78, 5) is 29.7. The van der Waals surface area contributed by atoms with Gasteiger partial charge < -0.3 is 9.80 Å². The van der Waals surface area contributed by atoms with Crippen LogP contribution < -0.4 is 4.90 Å². The zero-order valence-corrected chi connectivity index (χ0v) is 15.3. The van der Waals surface area contributed by atoms with Crippen molar-refractivity contribution in [1.82, 2.24) is 19.9 Å². The van der Waals surface area contributed by atoms with E-state index in [1.54, 1.807) is 35.9 Å². The quantitative estimate of drug-likeness (QED) is 0.714. The van der Waals surface area contributed by atoms with Crippen molar-refractivity contribution in [2.75, 3.05) is 31.1 Å². The molecule has 7 heteroatoms. The fraction of sp³-hybridized carbons (Fsp3) is 0.263. The SMILES string of the molecule is Cc1csc(-c2ccc(N3CCN(C(=O)c4ccncc4)CC3)nc2)n1. The summed E-state index contributed by atoms with van der Waals surface area (Å²) in [7, 11) is 0. The lowest BCUT2D eigenvalue weighted by Crippen LogP contribution is -2.49. The van der Waals surface area contributed by atoms with Gasteiger partial charge in [-0.3, -0.25) is 9.78 Å². The van der Waals surface area contributed by atoms with Crippen molar-refractivity contribution < 1.29 is 4.79 Å². The van der Waals surface area contributed by atoms with Crippen LogP contribution in [-0.2, 0) is 0 Å². The number of rotatable bonds is 3. The molecule has 26 heavy (non-hydrogen) atoms. The number of nitrogens with zero attached hydrogens (tertiary/aromatic N) is 5. The Labute approximate surface area is 156 Å². The van der Waals surface area contributed by atoms with Crippen molar-refractivity contribution in [1.29, 1.82) is 0 Å². The van der Waals surface area contributed by atoms with E-state index in [1.165, 1.54) is 0 Å². The summed E-state index contributed by atoms with van der Waals surface area (Å²) >= 11 is 1.63. The highest BCUT2D eigenvalue weighted by atomic mass is 32.1. The summed E-state index contributed by atoms with van der Waals surface area (Å²) in [5.41, 5.74) is 2.76. The highest BCUT2D eigenvalue weighted by Gasteiger charge is 2.22. The molecule has 4 heterocycles. The number of pyridine rings is 2. The van der Waals surface area contributed by atoms with Gasteiger partial charge in [-0.1, -0.05) is 0 Å². The van der Waals surface area contributed by atoms with Crippen molar-refractivity contribution in [3.8, 4) is 10.6 Å². The van der Waals surface area contributed by atoms with E-state index in [2.05, 4.69) is 25.9 Å². The largest absolute Gasteiger partial charge is 0.353 e. The topological polar surface area (TPSA) is 62.2 Å². The van der Waals surface area contributed by atoms with E-state index in [0.717, 1.165) is 35.2 Å². The molecule has 1 aliphatic heterocycles. The van der Waals surface area contributed by atoms with Gasteiger partial charge in [-0.2, -0.15) is 0 Å². The molecule has 0 radical (unpaired) electrons. The van der Waals surface area contributed by atoms with Gasteiger partial charge in [-0.05, 0) is 31.2 Å². The molecule has 3 aromatic heterocycles. The van der Waals surface area contributed by atoms with Crippen molar-refractivity contribution >= 4 is 23.1 Å². The first-order chi connectivity index (χ1) is 12.7. The summed E-state index contributed by atoms with van der Waals surface area (Å²) in [6.45, 7) is 4.93. The van der Waals surface area contributed by atoms with Gasteiger partial charge in [0.2, 0.25) is 0 Å². The molecule has 1 aliphatic rings. The van der Waals surface area contributed by atoms with E-state index in [9.17, 15) is 4.79 Å². The molecule has 0 atom stereocenters. The first kappa shape index (κ1) is 16.7. The number of hydrogen-bond donors (Lipinski definition) is 0. The average molecular weight is 365 g/mol. The van der Waals surface area contributed by atoms with E-state index in [0.29, 0.717) is 18.7 Å². The van der Waals surface area contributed by atoms with Gasteiger partial charge in [-0.15, -0.1) is 11.3 Å². The van der Waals surface area contributed by atoms with Crippen LogP contribution in [0.1, 0.15) is 16.1 Å². The van der Waals surface area contributed by atoms with Crippen LogP contribution in [0.2, 0.25) is 0 Å². The van der Waals surface area contributed by atoms with Crippen LogP contribution in [0.3, 0.4) is 0 Å². The number of thiazole rings is 1. The first-order valence-electron chi connectivity index (χ1n) is 8.53. The van der Waals surface area contributed by atoms with Crippen LogP contribution in [0.4, 0.5) is 5.82 Å². The van der Waals surface area contributed by atoms with E-state index in [4.69, 9.17) is 0 Å². The Morgan fingerprint density at radius 1 is 1.08 bits per heavy atom. The number of hydrogen-bond acceptors (Lipinski definition) is 6. The Hall–Kier alpha value is -2.80. The minimum absolute atomic E-state index is 0.0643. The summed E-state index contributed by atoms with van der Waals surface area (Å²) in [6.07, 6.45) is 5.18. The smallest absolute Gasteiger partial charge is 0.254 e. The molecule has 132 valence electrons. The molecule has 6 nitrogen and oxygen atoms in total. The minimum Gasteiger partial charge on any atom is -0.353 e. The van der Waals surface area contributed by atoms with E-state index < -0.39 is 0 Å². The maximum Gasteiger partial charge on any atom is 0.254 e. The number of carbonyl (C=O) groups excluding carboxylic acids is 1. The van der Waals surface area contributed by atoms with Gasteiger partial charge >= 0.3 is 0 Å². The molecular weight excluding hydrogens is 346 g/mol. The van der Waals surface area contributed by atoms with E-state index >= 15 is 0 Å². The van der Waals surface area contributed by atoms with E-state index in [1.807, 2.05) is 29.5 Å². The van der Waals surface area contributed by atoms with Gasteiger partial charge in [-0.25, -0.2) is 9.97 Å². The fourth-order valence-electron chi connectivity index (χ4n) is 3.00. The van der Waals surface area contributed by atoms with Gasteiger partial charge in [0, 0.05) is 67.0 Å². The Bertz CT molecular complexity index is 886. The molecule has 0 N–H and O–H groups in total. The third kappa shape index (κ3) is 3.43.